The lowest BCUT2D eigenvalue weighted by molar-refractivity contribution is -0.133. The third-order valence-corrected chi connectivity index (χ3v) is 6.44. The van der Waals surface area contributed by atoms with Crippen LogP contribution in [0.2, 0.25) is 0 Å². The minimum absolute atomic E-state index is 0.0395. The second kappa shape index (κ2) is 9.31. The lowest BCUT2D eigenvalue weighted by Gasteiger charge is -2.33. The van der Waals surface area contributed by atoms with Crippen LogP contribution in [0, 0.1) is 6.92 Å². The Morgan fingerprint density at radius 1 is 0.931 bits per heavy atom. The zero-order valence-corrected chi connectivity index (χ0v) is 18.7. The van der Waals surface area contributed by atoms with Crippen LogP contribution in [0.15, 0.2) is 53.4 Å². The van der Waals surface area contributed by atoms with Gasteiger partial charge in [-0.05, 0) is 71.0 Å². The number of methoxy groups -OCH3 is 1. The van der Waals surface area contributed by atoms with Crippen LogP contribution in [0.1, 0.15) is 33.3 Å². The van der Waals surface area contributed by atoms with E-state index in [-0.39, 0.29) is 29.4 Å². The largest absolute Gasteiger partial charge is 0.497 e. The molecule has 2 aromatic carbocycles. The Bertz CT molecular complexity index is 912. The van der Waals surface area contributed by atoms with Crippen LogP contribution in [0.4, 0.5) is 5.69 Å². The van der Waals surface area contributed by atoms with Gasteiger partial charge in [0.05, 0.1) is 17.7 Å². The molecule has 0 aliphatic carbocycles. The third-order valence-electron chi connectivity index (χ3n) is 4.65. The first-order valence-electron chi connectivity index (χ1n) is 9.62. The molecule has 6 nitrogen and oxygen atoms in total. The number of benzene rings is 2. The monoisotopic (exact) mass is 418 g/mol. The Kier molecular flexibility index (Phi) is 7.30. The highest BCUT2D eigenvalue weighted by Gasteiger charge is 2.30. The Morgan fingerprint density at radius 3 is 1.90 bits per heavy atom. The Morgan fingerprint density at radius 2 is 1.45 bits per heavy atom. The summed E-state index contributed by atoms with van der Waals surface area (Å²) in [4.78, 5) is 14.9. The predicted octanol–water partition coefficient (Wildman–Crippen LogP) is 3.84. The molecule has 0 aliphatic rings. The Hall–Kier alpha value is -2.54. The SMILES string of the molecule is COc1ccc(N(CC(=O)N(C(C)C)C(C)C)S(=O)(=O)c2ccc(C)cc2)cc1. The van der Waals surface area contributed by atoms with Gasteiger partial charge in [-0.2, -0.15) is 0 Å². The van der Waals surface area contributed by atoms with Crippen LogP contribution < -0.4 is 9.04 Å². The second-order valence-electron chi connectivity index (χ2n) is 7.51. The number of ether oxygens (including phenoxy) is 1. The molecule has 7 heteroatoms. The second-order valence-corrected chi connectivity index (χ2v) is 9.37. The maximum Gasteiger partial charge on any atom is 0.264 e. The minimum Gasteiger partial charge on any atom is -0.497 e. The van der Waals surface area contributed by atoms with Crippen molar-refractivity contribution < 1.29 is 17.9 Å². The van der Waals surface area contributed by atoms with Crippen LogP contribution in [-0.2, 0) is 14.8 Å². The third kappa shape index (κ3) is 5.29. The van der Waals surface area contributed by atoms with E-state index in [2.05, 4.69) is 0 Å². The summed E-state index contributed by atoms with van der Waals surface area (Å²) in [5.41, 5.74) is 1.37. The predicted molar refractivity (Wildman–Crippen MR) is 116 cm³/mol. The smallest absolute Gasteiger partial charge is 0.264 e. The molecule has 0 aromatic heterocycles. The van der Waals surface area contributed by atoms with Gasteiger partial charge in [0.25, 0.3) is 10.0 Å². The molecule has 0 atom stereocenters. The number of amides is 1. The summed E-state index contributed by atoms with van der Waals surface area (Å²) >= 11 is 0. The number of sulfonamides is 1. The van der Waals surface area contributed by atoms with Gasteiger partial charge in [0, 0.05) is 12.1 Å². The average Bonchev–Trinajstić information content (AvgIpc) is 2.66. The van der Waals surface area contributed by atoms with Crippen LogP contribution >= 0.6 is 0 Å². The number of aryl methyl sites for hydroxylation is 1. The Balaban J connectivity index is 2.50. The number of carbonyl (C=O) groups excluding carboxylic acids is 1. The van der Waals surface area contributed by atoms with Crippen molar-refractivity contribution >= 4 is 21.6 Å². The van der Waals surface area contributed by atoms with Gasteiger partial charge in [0.1, 0.15) is 12.3 Å². The topological polar surface area (TPSA) is 66.9 Å². The first-order valence-corrected chi connectivity index (χ1v) is 11.1. The summed E-state index contributed by atoms with van der Waals surface area (Å²) < 4.78 is 33.2. The highest BCUT2D eigenvalue weighted by molar-refractivity contribution is 7.92. The van der Waals surface area contributed by atoms with E-state index in [0.29, 0.717) is 11.4 Å². The van der Waals surface area contributed by atoms with Gasteiger partial charge in [0.2, 0.25) is 5.91 Å². The lowest BCUT2D eigenvalue weighted by atomic mass is 10.2. The lowest BCUT2D eigenvalue weighted by Crippen LogP contribution is -2.48. The molecule has 29 heavy (non-hydrogen) atoms. The van der Waals surface area contributed by atoms with E-state index in [9.17, 15) is 13.2 Å². The fourth-order valence-electron chi connectivity index (χ4n) is 3.28. The normalized spacial score (nSPS) is 11.6. The van der Waals surface area contributed by atoms with E-state index < -0.39 is 10.0 Å². The Labute approximate surface area is 174 Å². The quantitative estimate of drug-likeness (QED) is 0.653. The molecular formula is C22H30N2O4S. The van der Waals surface area contributed by atoms with Crippen molar-refractivity contribution in [2.75, 3.05) is 18.0 Å². The molecule has 1 amide bonds. The molecule has 0 fully saturated rings. The molecule has 0 radical (unpaired) electrons. The summed E-state index contributed by atoms with van der Waals surface area (Å²) in [6, 6.07) is 13.2. The van der Waals surface area contributed by atoms with Crippen LogP contribution in [0.25, 0.3) is 0 Å². The van der Waals surface area contributed by atoms with E-state index in [1.165, 1.54) is 0 Å². The molecule has 0 saturated carbocycles. The fraction of sp³-hybridized carbons (Fsp3) is 0.409. The molecule has 158 valence electrons. The molecule has 0 N–H and O–H groups in total. The van der Waals surface area contributed by atoms with Gasteiger partial charge < -0.3 is 9.64 Å². The highest BCUT2D eigenvalue weighted by Crippen LogP contribution is 2.26. The van der Waals surface area contributed by atoms with Crippen LogP contribution in [-0.4, -0.2) is 45.0 Å². The van der Waals surface area contributed by atoms with E-state index in [1.54, 1.807) is 60.5 Å². The van der Waals surface area contributed by atoms with Crippen molar-refractivity contribution in [3.8, 4) is 5.75 Å². The first-order chi connectivity index (χ1) is 13.6. The van der Waals surface area contributed by atoms with Crippen molar-refractivity contribution in [1.82, 2.24) is 4.90 Å². The van der Waals surface area contributed by atoms with Gasteiger partial charge in [-0.3, -0.25) is 9.10 Å². The number of hydrogen-bond acceptors (Lipinski definition) is 4. The van der Waals surface area contributed by atoms with E-state index in [1.807, 2.05) is 34.6 Å². The molecule has 0 bridgehead atoms. The van der Waals surface area contributed by atoms with Gasteiger partial charge in [0.15, 0.2) is 0 Å². The van der Waals surface area contributed by atoms with E-state index in [4.69, 9.17) is 4.74 Å². The van der Waals surface area contributed by atoms with Gasteiger partial charge in [-0.15, -0.1) is 0 Å². The molecule has 0 aliphatic heterocycles. The maximum atomic E-state index is 13.4. The zero-order valence-electron chi connectivity index (χ0n) is 17.9. The zero-order chi connectivity index (χ0) is 21.8. The summed E-state index contributed by atoms with van der Waals surface area (Å²) in [6.45, 7) is 9.30. The van der Waals surface area contributed by atoms with Crippen molar-refractivity contribution in [3.63, 3.8) is 0 Å². The highest BCUT2D eigenvalue weighted by atomic mass is 32.2. The molecule has 0 unspecified atom stereocenters. The molecule has 0 saturated heterocycles. The maximum absolute atomic E-state index is 13.4. The number of nitrogens with zero attached hydrogens (tertiary/aromatic N) is 2. The standard InChI is InChI=1S/C22H30N2O4S/c1-16(2)24(17(3)4)22(25)15-23(19-9-11-20(28-6)12-10-19)29(26,27)21-13-7-18(5)8-14-21/h7-14,16-17H,15H2,1-6H3. The molecule has 0 spiro atoms. The van der Waals surface area contributed by atoms with Crippen molar-refractivity contribution in [3.05, 3.63) is 54.1 Å². The average molecular weight is 419 g/mol. The summed E-state index contributed by atoms with van der Waals surface area (Å²) in [7, 11) is -2.38. The summed E-state index contributed by atoms with van der Waals surface area (Å²) in [6.07, 6.45) is 0. The first kappa shape index (κ1) is 22.7. The number of carbonyl (C=O) groups is 1. The molecule has 2 rings (SSSR count). The van der Waals surface area contributed by atoms with Gasteiger partial charge >= 0.3 is 0 Å². The number of hydrogen-bond donors (Lipinski definition) is 0. The summed E-state index contributed by atoms with van der Waals surface area (Å²) in [5, 5.41) is 0. The van der Waals surface area contributed by atoms with Gasteiger partial charge in [-0.1, -0.05) is 17.7 Å². The van der Waals surface area contributed by atoms with Gasteiger partial charge in [-0.25, -0.2) is 8.42 Å². The number of anilines is 1. The van der Waals surface area contributed by atoms with Crippen molar-refractivity contribution in [2.45, 2.75) is 51.6 Å². The van der Waals surface area contributed by atoms with E-state index in [0.717, 1.165) is 9.87 Å². The van der Waals surface area contributed by atoms with E-state index >= 15 is 0 Å². The minimum atomic E-state index is -3.93. The molecule has 2 aromatic rings. The number of rotatable bonds is 8. The molecular weight excluding hydrogens is 388 g/mol. The van der Waals surface area contributed by atoms with Crippen molar-refractivity contribution in [2.24, 2.45) is 0 Å². The summed E-state index contributed by atoms with van der Waals surface area (Å²) in [5.74, 6) is 0.361. The van der Waals surface area contributed by atoms with Crippen LogP contribution in [0.5, 0.6) is 5.75 Å². The fourth-order valence-corrected chi connectivity index (χ4v) is 4.69. The molecule has 0 heterocycles. The van der Waals surface area contributed by atoms with Crippen LogP contribution in [0.3, 0.4) is 0 Å². The van der Waals surface area contributed by atoms with Crippen molar-refractivity contribution in [1.29, 1.82) is 0 Å².